The van der Waals surface area contributed by atoms with Gasteiger partial charge >= 0.3 is 0 Å². The van der Waals surface area contributed by atoms with E-state index in [0.29, 0.717) is 24.4 Å². The van der Waals surface area contributed by atoms with Gasteiger partial charge < -0.3 is 14.5 Å². The van der Waals surface area contributed by atoms with Crippen LogP contribution in [0, 0.1) is 6.92 Å². The number of nitrogens with zero attached hydrogens (tertiary/aromatic N) is 2. The number of carbonyl (C=O) groups excluding carboxylic acids is 2. The van der Waals surface area contributed by atoms with Crippen molar-refractivity contribution in [1.82, 2.24) is 4.90 Å². The molecule has 0 aliphatic carbocycles. The molecule has 5 nitrogen and oxygen atoms in total. The van der Waals surface area contributed by atoms with Gasteiger partial charge in [-0.3, -0.25) is 9.59 Å². The van der Waals surface area contributed by atoms with Gasteiger partial charge in [-0.05, 0) is 49.1 Å². The lowest BCUT2D eigenvalue weighted by molar-refractivity contribution is -0.124. The molecule has 4 rings (SSSR count). The van der Waals surface area contributed by atoms with E-state index in [9.17, 15) is 9.59 Å². The highest BCUT2D eigenvalue weighted by atomic mass is 16.5. The van der Waals surface area contributed by atoms with E-state index in [1.54, 1.807) is 12.0 Å². The molecule has 0 aromatic heterocycles. The number of amides is 2. The Kier molecular flexibility index (Phi) is 4.17. The third-order valence-corrected chi connectivity index (χ3v) is 5.86. The van der Waals surface area contributed by atoms with Crippen LogP contribution in [0.15, 0.2) is 42.5 Å². The summed E-state index contributed by atoms with van der Waals surface area (Å²) in [6.45, 7) is 3.02. The van der Waals surface area contributed by atoms with Gasteiger partial charge in [0.2, 0.25) is 5.91 Å². The van der Waals surface area contributed by atoms with Crippen LogP contribution in [0.3, 0.4) is 0 Å². The second-order valence-electron chi connectivity index (χ2n) is 7.50. The van der Waals surface area contributed by atoms with E-state index in [1.807, 2.05) is 61.3 Å². The summed E-state index contributed by atoms with van der Waals surface area (Å²) in [5.74, 6) is 0.581. The number of ether oxygens (including phenoxy) is 1. The number of para-hydroxylation sites is 1. The van der Waals surface area contributed by atoms with Gasteiger partial charge in [-0.1, -0.05) is 24.3 Å². The van der Waals surface area contributed by atoms with E-state index in [0.717, 1.165) is 29.7 Å². The average molecular weight is 364 g/mol. The SMILES string of the molecule is COc1cc(C)ccc1C(=O)N1CCC[C@@]2(C1)C(=O)N(C)c1ccccc12. The molecule has 0 bridgehead atoms. The van der Waals surface area contributed by atoms with E-state index >= 15 is 0 Å². The van der Waals surface area contributed by atoms with Gasteiger partial charge in [0, 0.05) is 25.8 Å². The molecule has 0 unspecified atom stereocenters. The monoisotopic (exact) mass is 364 g/mol. The molecule has 0 radical (unpaired) electrons. The molecule has 0 saturated carbocycles. The molecule has 1 spiro atoms. The van der Waals surface area contributed by atoms with Crippen molar-refractivity contribution >= 4 is 17.5 Å². The number of rotatable bonds is 2. The molecule has 1 fully saturated rings. The number of carbonyl (C=O) groups is 2. The summed E-state index contributed by atoms with van der Waals surface area (Å²) >= 11 is 0. The summed E-state index contributed by atoms with van der Waals surface area (Å²) in [6, 6.07) is 13.5. The molecular formula is C22H24N2O3. The molecule has 140 valence electrons. The lowest BCUT2D eigenvalue weighted by Gasteiger charge is -2.39. The zero-order chi connectivity index (χ0) is 19.2. The number of fused-ring (bicyclic) bond motifs is 2. The Morgan fingerprint density at radius 3 is 2.74 bits per heavy atom. The Bertz CT molecular complexity index is 924. The van der Waals surface area contributed by atoms with Crippen molar-refractivity contribution in [3.63, 3.8) is 0 Å². The van der Waals surface area contributed by atoms with Gasteiger partial charge in [0.1, 0.15) is 5.75 Å². The van der Waals surface area contributed by atoms with E-state index in [4.69, 9.17) is 4.74 Å². The second kappa shape index (κ2) is 6.41. The van der Waals surface area contributed by atoms with E-state index in [1.165, 1.54) is 0 Å². The molecule has 2 heterocycles. The first-order valence-electron chi connectivity index (χ1n) is 9.29. The fourth-order valence-electron chi connectivity index (χ4n) is 4.49. The first-order chi connectivity index (χ1) is 13.0. The van der Waals surface area contributed by atoms with Crippen molar-refractivity contribution in [2.75, 3.05) is 32.1 Å². The summed E-state index contributed by atoms with van der Waals surface area (Å²) in [7, 11) is 3.40. The van der Waals surface area contributed by atoms with Gasteiger partial charge in [0.15, 0.2) is 0 Å². The van der Waals surface area contributed by atoms with Crippen molar-refractivity contribution in [1.29, 1.82) is 0 Å². The van der Waals surface area contributed by atoms with Gasteiger partial charge in [0.25, 0.3) is 5.91 Å². The topological polar surface area (TPSA) is 49.9 Å². The van der Waals surface area contributed by atoms with Crippen LogP contribution >= 0.6 is 0 Å². The van der Waals surface area contributed by atoms with Gasteiger partial charge in [-0.2, -0.15) is 0 Å². The maximum absolute atomic E-state index is 13.3. The first-order valence-corrected chi connectivity index (χ1v) is 9.29. The predicted molar refractivity (Wildman–Crippen MR) is 104 cm³/mol. The van der Waals surface area contributed by atoms with Crippen LogP contribution in [0.1, 0.15) is 34.3 Å². The van der Waals surface area contributed by atoms with Gasteiger partial charge in [-0.15, -0.1) is 0 Å². The van der Waals surface area contributed by atoms with Crippen molar-refractivity contribution in [3.05, 3.63) is 59.2 Å². The quantitative estimate of drug-likeness (QED) is 0.823. The molecule has 1 atom stereocenters. The zero-order valence-corrected chi connectivity index (χ0v) is 16.0. The normalized spacial score (nSPS) is 21.5. The third kappa shape index (κ3) is 2.60. The molecule has 27 heavy (non-hydrogen) atoms. The number of methoxy groups -OCH3 is 1. The number of piperidine rings is 1. The second-order valence-corrected chi connectivity index (χ2v) is 7.50. The Labute approximate surface area is 159 Å². The highest BCUT2D eigenvalue weighted by Gasteiger charge is 2.52. The first kappa shape index (κ1) is 17.6. The van der Waals surface area contributed by atoms with Crippen LogP contribution in [0.4, 0.5) is 5.69 Å². The minimum Gasteiger partial charge on any atom is -0.496 e. The van der Waals surface area contributed by atoms with Crippen LogP contribution in [0.2, 0.25) is 0 Å². The molecular weight excluding hydrogens is 340 g/mol. The van der Waals surface area contributed by atoms with Crippen LogP contribution in [0.25, 0.3) is 0 Å². The fraction of sp³-hybridized carbons (Fsp3) is 0.364. The fourth-order valence-corrected chi connectivity index (χ4v) is 4.49. The molecule has 1 saturated heterocycles. The summed E-state index contributed by atoms with van der Waals surface area (Å²) in [5.41, 5.74) is 2.93. The van der Waals surface area contributed by atoms with E-state index < -0.39 is 5.41 Å². The summed E-state index contributed by atoms with van der Waals surface area (Å²) in [4.78, 5) is 30.0. The minimum atomic E-state index is -0.642. The number of likely N-dealkylation sites (tertiary alicyclic amines) is 1. The summed E-state index contributed by atoms with van der Waals surface area (Å²) < 4.78 is 5.43. The molecule has 2 aliphatic rings. The molecule has 0 N–H and O–H groups in total. The van der Waals surface area contributed by atoms with Crippen molar-refractivity contribution in [2.45, 2.75) is 25.2 Å². The highest BCUT2D eigenvalue weighted by molar-refractivity contribution is 6.08. The molecule has 5 heteroatoms. The lowest BCUT2D eigenvalue weighted by Crippen LogP contribution is -2.53. The van der Waals surface area contributed by atoms with E-state index in [2.05, 4.69) is 0 Å². The maximum Gasteiger partial charge on any atom is 0.257 e. The number of hydrogen-bond acceptors (Lipinski definition) is 3. The Hall–Kier alpha value is -2.82. The number of anilines is 1. The van der Waals surface area contributed by atoms with Crippen molar-refractivity contribution in [3.8, 4) is 5.75 Å². The Balaban J connectivity index is 1.70. The zero-order valence-electron chi connectivity index (χ0n) is 16.0. The summed E-state index contributed by atoms with van der Waals surface area (Å²) in [6.07, 6.45) is 1.57. The number of benzene rings is 2. The Morgan fingerprint density at radius 2 is 1.96 bits per heavy atom. The molecule has 2 aromatic rings. The maximum atomic E-state index is 13.3. The lowest BCUT2D eigenvalue weighted by atomic mass is 9.75. The van der Waals surface area contributed by atoms with Crippen LogP contribution < -0.4 is 9.64 Å². The van der Waals surface area contributed by atoms with Crippen molar-refractivity contribution in [2.24, 2.45) is 0 Å². The number of aryl methyl sites for hydroxylation is 1. The smallest absolute Gasteiger partial charge is 0.257 e. The molecule has 2 aromatic carbocycles. The van der Waals surface area contributed by atoms with Crippen LogP contribution in [-0.2, 0) is 10.2 Å². The molecule has 2 aliphatic heterocycles. The number of likely N-dealkylation sites (N-methyl/N-ethyl adjacent to an activating group) is 1. The number of hydrogen-bond donors (Lipinski definition) is 0. The average Bonchev–Trinajstić information content (AvgIpc) is 2.90. The van der Waals surface area contributed by atoms with Crippen molar-refractivity contribution < 1.29 is 14.3 Å². The third-order valence-electron chi connectivity index (χ3n) is 5.86. The summed E-state index contributed by atoms with van der Waals surface area (Å²) in [5, 5.41) is 0. The van der Waals surface area contributed by atoms with Crippen LogP contribution in [0.5, 0.6) is 5.75 Å². The van der Waals surface area contributed by atoms with E-state index in [-0.39, 0.29) is 11.8 Å². The minimum absolute atomic E-state index is 0.0780. The largest absolute Gasteiger partial charge is 0.496 e. The molecule has 2 amide bonds. The predicted octanol–water partition coefficient (Wildman–Crippen LogP) is 3.15. The highest BCUT2D eigenvalue weighted by Crippen LogP contribution is 2.46. The Morgan fingerprint density at radius 1 is 1.19 bits per heavy atom. The van der Waals surface area contributed by atoms with Gasteiger partial charge in [0.05, 0.1) is 18.1 Å². The van der Waals surface area contributed by atoms with Gasteiger partial charge in [-0.25, -0.2) is 0 Å². The van der Waals surface area contributed by atoms with Crippen LogP contribution in [-0.4, -0.2) is 44.0 Å². The standard InChI is InChI=1S/C22H24N2O3/c1-15-9-10-16(19(13-15)27-3)20(25)24-12-6-11-22(14-24)17-7-4-5-8-18(17)23(2)21(22)26/h4-5,7-10,13H,6,11-12,14H2,1-3H3/t22-/m0/s1.